The molecule has 0 unspecified atom stereocenters. The average Bonchev–Trinajstić information content (AvgIpc) is 3.34. The second-order valence-corrected chi connectivity index (χ2v) is 9.86. The molecule has 2 atom stereocenters. The minimum Gasteiger partial charge on any atom is -0.460 e. The molecule has 0 spiro atoms. The van der Waals surface area contributed by atoms with Crippen LogP contribution in [0.2, 0.25) is 0 Å². The van der Waals surface area contributed by atoms with E-state index in [1.807, 2.05) is 19.9 Å². The molecular formula is C23H23N3O5S. The summed E-state index contributed by atoms with van der Waals surface area (Å²) in [4.78, 5) is 12.9. The summed E-state index contributed by atoms with van der Waals surface area (Å²) < 4.78 is 34.6. The van der Waals surface area contributed by atoms with Crippen LogP contribution in [0, 0.1) is 25.2 Å². The third-order valence-electron chi connectivity index (χ3n) is 5.83. The molecule has 4 rings (SSSR count). The van der Waals surface area contributed by atoms with Gasteiger partial charge in [0.05, 0.1) is 22.1 Å². The monoisotopic (exact) mass is 453 g/mol. The van der Waals surface area contributed by atoms with Gasteiger partial charge in [0.15, 0.2) is 0 Å². The number of aryl methyl sites for hydroxylation is 2. The lowest BCUT2D eigenvalue weighted by Crippen LogP contribution is -2.41. The topological polar surface area (TPSA) is 112 Å². The lowest BCUT2D eigenvalue weighted by molar-refractivity contribution is -0.148. The minimum absolute atomic E-state index is 0.0498. The van der Waals surface area contributed by atoms with Crippen LogP contribution in [0.3, 0.4) is 0 Å². The Balaban J connectivity index is 1.56. The van der Waals surface area contributed by atoms with Crippen molar-refractivity contribution in [2.45, 2.75) is 43.9 Å². The van der Waals surface area contributed by atoms with Gasteiger partial charge in [-0.1, -0.05) is 12.1 Å². The first-order chi connectivity index (χ1) is 15.2. The molecule has 0 bridgehead atoms. The quantitative estimate of drug-likeness (QED) is 0.593. The number of hydrogen-bond donors (Lipinski definition) is 1. The zero-order valence-electron chi connectivity index (χ0n) is 17.7. The number of rotatable bonds is 5. The van der Waals surface area contributed by atoms with E-state index in [9.17, 15) is 23.6 Å². The first-order valence-electron chi connectivity index (χ1n) is 10.1. The zero-order valence-corrected chi connectivity index (χ0v) is 18.5. The maximum atomic E-state index is 13.2. The van der Waals surface area contributed by atoms with Crippen LogP contribution in [0.5, 0.6) is 0 Å². The van der Waals surface area contributed by atoms with E-state index in [1.54, 1.807) is 41.1 Å². The number of aromatic nitrogens is 1. The van der Waals surface area contributed by atoms with Crippen LogP contribution < -0.4 is 0 Å². The number of nitrogens with zero attached hydrogens (tertiary/aromatic N) is 3. The molecule has 166 valence electrons. The molecule has 2 aromatic heterocycles. The molecule has 1 aliphatic rings. The van der Waals surface area contributed by atoms with E-state index in [-0.39, 0.29) is 24.5 Å². The molecule has 0 radical (unpaired) electrons. The molecule has 0 saturated carbocycles. The van der Waals surface area contributed by atoms with Crippen LogP contribution in [-0.4, -0.2) is 46.9 Å². The first-order valence-corrected chi connectivity index (χ1v) is 11.6. The van der Waals surface area contributed by atoms with E-state index >= 15 is 0 Å². The summed E-state index contributed by atoms with van der Waals surface area (Å²) in [6.45, 7) is 3.34. The third kappa shape index (κ3) is 3.88. The van der Waals surface area contributed by atoms with Gasteiger partial charge in [0, 0.05) is 30.9 Å². The van der Waals surface area contributed by atoms with E-state index in [1.165, 1.54) is 6.07 Å². The fourth-order valence-electron chi connectivity index (χ4n) is 3.93. The van der Waals surface area contributed by atoms with Gasteiger partial charge in [0.25, 0.3) is 0 Å². The molecule has 1 saturated heterocycles. The Morgan fingerprint density at radius 1 is 1.25 bits per heavy atom. The molecule has 8 nitrogen and oxygen atoms in total. The molecule has 32 heavy (non-hydrogen) atoms. The molecule has 0 aliphatic carbocycles. The van der Waals surface area contributed by atoms with E-state index in [2.05, 4.69) is 6.07 Å². The zero-order chi connectivity index (χ0) is 23.0. The van der Waals surface area contributed by atoms with Gasteiger partial charge in [-0.25, -0.2) is 8.42 Å². The molecule has 0 amide bonds. The molecule has 1 fully saturated rings. The number of benzene rings is 1. The number of aliphatic hydroxyl groups is 1. The summed E-state index contributed by atoms with van der Waals surface area (Å²) in [5.41, 5.74) is 3.37. The van der Waals surface area contributed by atoms with Gasteiger partial charge >= 0.3 is 5.97 Å². The maximum Gasteiger partial charge on any atom is 0.324 e. The number of hydrogen-bond acceptors (Lipinski definition) is 6. The van der Waals surface area contributed by atoms with Crippen molar-refractivity contribution in [3.05, 3.63) is 71.0 Å². The predicted octanol–water partition coefficient (Wildman–Crippen LogP) is 2.30. The van der Waals surface area contributed by atoms with Crippen molar-refractivity contribution >= 4 is 21.5 Å². The Bertz CT molecular complexity index is 1340. The SMILES string of the molecule is Cc1ccc(S(=O)(=O)N2C[C@@H](O)C[C@@H]2C(=O)OCc2cn3ccccc3c2C#N)cc1C. The maximum absolute atomic E-state index is 13.2. The highest BCUT2D eigenvalue weighted by Crippen LogP contribution is 2.29. The van der Waals surface area contributed by atoms with Crippen molar-refractivity contribution in [1.29, 1.82) is 5.26 Å². The number of pyridine rings is 1. The summed E-state index contributed by atoms with van der Waals surface area (Å²) >= 11 is 0. The fraction of sp³-hybridized carbons (Fsp3) is 0.304. The van der Waals surface area contributed by atoms with Crippen molar-refractivity contribution in [3.8, 4) is 6.07 Å². The highest BCUT2D eigenvalue weighted by atomic mass is 32.2. The van der Waals surface area contributed by atoms with Gasteiger partial charge in [-0.3, -0.25) is 4.79 Å². The van der Waals surface area contributed by atoms with Gasteiger partial charge in [0.1, 0.15) is 18.7 Å². The van der Waals surface area contributed by atoms with Crippen molar-refractivity contribution < 1.29 is 23.1 Å². The largest absolute Gasteiger partial charge is 0.460 e. The summed E-state index contributed by atoms with van der Waals surface area (Å²) in [7, 11) is -4.01. The minimum atomic E-state index is -4.01. The molecular weight excluding hydrogens is 430 g/mol. The molecule has 3 aromatic rings. The second kappa shape index (κ2) is 8.39. The third-order valence-corrected chi connectivity index (χ3v) is 7.71. The molecule has 3 heterocycles. The normalized spacial score (nSPS) is 19.2. The Kier molecular flexibility index (Phi) is 5.77. The van der Waals surface area contributed by atoms with Crippen molar-refractivity contribution in [2.75, 3.05) is 6.54 Å². The fourth-order valence-corrected chi connectivity index (χ4v) is 5.65. The van der Waals surface area contributed by atoms with Crippen molar-refractivity contribution in [1.82, 2.24) is 8.71 Å². The predicted molar refractivity (Wildman–Crippen MR) is 116 cm³/mol. The van der Waals surface area contributed by atoms with Gasteiger partial charge in [0.2, 0.25) is 10.0 Å². The number of carbonyl (C=O) groups is 1. The summed E-state index contributed by atoms with van der Waals surface area (Å²) in [6.07, 6.45) is 2.47. The Morgan fingerprint density at radius 3 is 2.75 bits per heavy atom. The number of ether oxygens (including phenoxy) is 1. The number of esters is 1. The van der Waals surface area contributed by atoms with Crippen LogP contribution in [-0.2, 0) is 26.2 Å². The van der Waals surface area contributed by atoms with Gasteiger partial charge < -0.3 is 14.2 Å². The average molecular weight is 454 g/mol. The summed E-state index contributed by atoms with van der Waals surface area (Å²) in [5, 5.41) is 19.6. The molecule has 9 heteroatoms. The Hall–Kier alpha value is -3.19. The van der Waals surface area contributed by atoms with E-state index in [0.29, 0.717) is 16.6 Å². The lowest BCUT2D eigenvalue weighted by atomic mass is 10.1. The van der Waals surface area contributed by atoms with Crippen LogP contribution >= 0.6 is 0 Å². The van der Waals surface area contributed by atoms with Gasteiger partial charge in [-0.15, -0.1) is 0 Å². The smallest absolute Gasteiger partial charge is 0.324 e. The molecule has 1 aliphatic heterocycles. The van der Waals surface area contributed by atoms with Crippen LogP contribution in [0.25, 0.3) is 5.52 Å². The van der Waals surface area contributed by atoms with E-state index in [4.69, 9.17) is 4.74 Å². The number of β-amino-alcohol motifs (C(OH)–C–C–N with tert-alkyl or cyclic N) is 1. The summed E-state index contributed by atoms with van der Waals surface area (Å²) in [5.74, 6) is -0.756. The number of fused-ring (bicyclic) bond motifs is 1. The van der Waals surface area contributed by atoms with Gasteiger partial charge in [-0.2, -0.15) is 9.57 Å². The molecule has 1 aromatic carbocycles. The van der Waals surface area contributed by atoms with E-state index in [0.717, 1.165) is 15.4 Å². The first kappa shape index (κ1) is 22.0. The number of carbonyl (C=O) groups excluding carboxylic acids is 1. The number of sulfonamides is 1. The van der Waals surface area contributed by atoms with Crippen LogP contribution in [0.4, 0.5) is 0 Å². The Labute approximate surface area is 186 Å². The second-order valence-electron chi connectivity index (χ2n) is 7.97. The number of nitriles is 1. The number of aliphatic hydroxyl groups excluding tert-OH is 1. The summed E-state index contributed by atoms with van der Waals surface area (Å²) in [6, 6.07) is 11.2. The Morgan fingerprint density at radius 2 is 2.03 bits per heavy atom. The van der Waals surface area contributed by atoms with E-state index < -0.39 is 28.1 Å². The highest BCUT2D eigenvalue weighted by Gasteiger charge is 2.44. The highest BCUT2D eigenvalue weighted by molar-refractivity contribution is 7.89. The standard InChI is InChI=1S/C23H23N3O5S/c1-15-6-7-19(9-16(15)2)32(29,30)26-13-18(27)10-22(26)23(28)31-14-17-12-25-8-4-3-5-21(25)20(17)11-24/h3-9,12,18,22,27H,10,13-14H2,1-2H3/t18-,22+/m0/s1. The lowest BCUT2D eigenvalue weighted by Gasteiger charge is -2.22. The van der Waals surface area contributed by atoms with Crippen LogP contribution in [0.1, 0.15) is 28.7 Å². The van der Waals surface area contributed by atoms with Gasteiger partial charge in [-0.05, 0) is 49.2 Å². The molecule has 1 N–H and O–H groups in total. The van der Waals surface area contributed by atoms with Crippen LogP contribution in [0.15, 0.2) is 53.7 Å². The van der Waals surface area contributed by atoms with Crippen molar-refractivity contribution in [2.24, 2.45) is 0 Å². The van der Waals surface area contributed by atoms with Crippen molar-refractivity contribution in [3.63, 3.8) is 0 Å².